The summed E-state index contributed by atoms with van der Waals surface area (Å²) in [7, 11) is 0. The van der Waals surface area contributed by atoms with Gasteiger partial charge in [-0.1, -0.05) is 6.07 Å². The van der Waals surface area contributed by atoms with Crippen molar-refractivity contribution in [2.75, 3.05) is 50.5 Å². The van der Waals surface area contributed by atoms with Crippen molar-refractivity contribution in [3.05, 3.63) is 60.2 Å². The molecule has 1 fully saturated rings. The highest BCUT2D eigenvalue weighted by molar-refractivity contribution is 7.99. The molecule has 2 aliphatic heterocycles. The summed E-state index contributed by atoms with van der Waals surface area (Å²) in [6.45, 7) is 4.68. The van der Waals surface area contributed by atoms with E-state index in [9.17, 15) is 35.5 Å². The van der Waals surface area contributed by atoms with E-state index in [2.05, 4.69) is 26.5 Å². The molecule has 0 radical (unpaired) electrons. The minimum atomic E-state index is -5.08. The van der Waals surface area contributed by atoms with Crippen LogP contribution in [0, 0.1) is 11.7 Å². The maximum atomic E-state index is 13.7. The Bertz CT molecular complexity index is 1510. The molecule has 1 atom stereocenters. The van der Waals surface area contributed by atoms with Crippen molar-refractivity contribution in [2.24, 2.45) is 5.92 Å². The number of benzene rings is 2. The summed E-state index contributed by atoms with van der Waals surface area (Å²) in [5.74, 6) is -4.79. The van der Waals surface area contributed by atoms with E-state index in [1.165, 1.54) is 12.1 Å². The molecule has 48 heavy (non-hydrogen) atoms. The van der Waals surface area contributed by atoms with Crippen LogP contribution in [0.4, 0.5) is 36.4 Å². The Morgan fingerprint density at radius 3 is 2.21 bits per heavy atom. The third kappa shape index (κ3) is 12.0. The highest BCUT2D eigenvalue weighted by atomic mass is 32.2. The third-order valence-electron chi connectivity index (χ3n) is 6.62. The Morgan fingerprint density at radius 1 is 0.979 bits per heavy atom. The number of aromatic amines is 1. The van der Waals surface area contributed by atoms with Crippen LogP contribution in [0.5, 0.6) is 5.75 Å². The van der Waals surface area contributed by atoms with E-state index < -0.39 is 24.3 Å². The summed E-state index contributed by atoms with van der Waals surface area (Å²) in [4.78, 5) is 34.3. The number of nitrogens with one attached hydrogen (secondary N) is 2. The van der Waals surface area contributed by atoms with Crippen LogP contribution >= 0.6 is 11.8 Å². The number of morpholine rings is 1. The summed E-state index contributed by atoms with van der Waals surface area (Å²) < 4.78 is 88.3. The number of hydrogen-bond acceptors (Lipinski definition) is 8. The van der Waals surface area contributed by atoms with Gasteiger partial charge in [0, 0.05) is 42.0 Å². The number of fused-ring (bicyclic) bond motifs is 1. The number of alkyl halides is 6. The minimum absolute atomic E-state index is 0.124. The molecule has 4 N–H and O–H groups in total. The van der Waals surface area contributed by atoms with E-state index in [4.69, 9.17) is 29.3 Å². The average Bonchev–Trinajstić information content (AvgIpc) is 3.57. The van der Waals surface area contributed by atoms with Crippen LogP contribution in [0.25, 0.3) is 11.1 Å². The summed E-state index contributed by atoms with van der Waals surface area (Å²) in [5, 5.41) is 24.2. The van der Waals surface area contributed by atoms with Gasteiger partial charge in [-0.2, -0.15) is 31.4 Å². The second-order valence-electron chi connectivity index (χ2n) is 10.1. The first-order valence-electron chi connectivity index (χ1n) is 13.9. The molecule has 1 amide bonds. The number of nitrogens with zero attached hydrogens (tertiary/aromatic N) is 2. The van der Waals surface area contributed by atoms with Gasteiger partial charge in [0.1, 0.15) is 18.2 Å². The van der Waals surface area contributed by atoms with Crippen LogP contribution in [0.1, 0.15) is 5.56 Å². The Kier molecular flexibility index (Phi) is 13.6. The zero-order valence-corrected chi connectivity index (χ0v) is 25.6. The molecule has 19 heteroatoms. The molecule has 1 aromatic heterocycles. The predicted molar refractivity (Wildman–Crippen MR) is 157 cm³/mol. The molecule has 0 spiro atoms. The van der Waals surface area contributed by atoms with Gasteiger partial charge in [0.2, 0.25) is 5.91 Å². The molecule has 1 saturated heterocycles. The summed E-state index contributed by atoms with van der Waals surface area (Å²) in [6.07, 6.45) is -6.08. The molecular weight excluding hydrogens is 681 g/mol. The molecule has 262 valence electrons. The molecule has 2 aromatic carbocycles. The highest BCUT2D eigenvalue weighted by Gasteiger charge is 2.39. The Balaban J connectivity index is 0.000000376. The molecule has 1 unspecified atom stereocenters. The number of carboxylic acid groups (broad SMARTS) is 2. The smallest absolute Gasteiger partial charge is 0.490 e. The van der Waals surface area contributed by atoms with Gasteiger partial charge in [0.25, 0.3) is 0 Å². The molecule has 3 heterocycles. The summed E-state index contributed by atoms with van der Waals surface area (Å²) in [6, 6.07) is 10.5. The Labute approximate surface area is 272 Å². The molecule has 2 aliphatic rings. The van der Waals surface area contributed by atoms with E-state index >= 15 is 0 Å². The molecule has 0 bridgehead atoms. The number of amides is 1. The number of thioether (sulfide) groups is 1. The van der Waals surface area contributed by atoms with Crippen molar-refractivity contribution in [2.45, 2.75) is 23.7 Å². The second kappa shape index (κ2) is 17.2. The lowest BCUT2D eigenvalue weighted by atomic mass is 9.96. The van der Waals surface area contributed by atoms with Crippen LogP contribution in [-0.4, -0.2) is 101 Å². The van der Waals surface area contributed by atoms with E-state index in [0.29, 0.717) is 12.2 Å². The van der Waals surface area contributed by atoms with Crippen LogP contribution in [-0.2, 0) is 25.5 Å². The number of carbonyl (C=O) groups excluding carboxylic acids is 1. The van der Waals surface area contributed by atoms with Gasteiger partial charge in [-0.25, -0.2) is 14.0 Å². The Hall–Kier alpha value is -4.36. The zero-order valence-electron chi connectivity index (χ0n) is 24.7. The number of ether oxygens (including phenoxy) is 2. The van der Waals surface area contributed by atoms with Crippen molar-refractivity contribution in [3.8, 4) is 16.9 Å². The standard InChI is InChI=1S/C25H27FN4O3S.2C2HF3O2/c26-21-2-4-23-18(12-21)11-19(16-33-23)25(31)29-22-3-1-17(20-14-27-28-15-20)13-24(22)34-10-7-30-5-8-32-9-6-30;2*3-2(4,5)1(6)7/h1-4,12-15,19H,5-11,16H2,(H,27,28)(H,29,31);2*(H,6,7). The first-order valence-corrected chi connectivity index (χ1v) is 14.9. The minimum Gasteiger partial charge on any atom is -0.492 e. The van der Waals surface area contributed by atoms with Crippen molar-refractivity contribution < 1.29 is 64.8 Å². The number of H-pyrrole nitrogens is 1. The van der Waals surface area contributed by atoms with Crippen LogP contribution in [0.15, 0.2) is 53.7 Å². The van der Waals surface area contributed by atoms with Crippen LogP contribution in [0.3, 0.4) is 0 Å². The second-order valence-corrected chi connectivity index (χ2v) is 11.2. The molecule has 11 nitrogen and oxygen atoms in total. The quantitative estimate of drug-likeness (QED) is 0.193. The normalized spacial score (nSPS) is 16.2. The summed E-state index contributed by atoms with van der Waals surface area (Å²) >= 11 is 1.72. The summed E-state index contributed by atoms with van der Waals surface area (Å²) in [5.41, 5.74) is 3.52. The fourth-order valence-electron chi connectivity index (χ4n) is 4.21. The number of halogens is 7. The first-order chi connectivity index (χ1) is 22.5. The van der Waals surface area contributed by atoms with Gasteiger partial charge in [0.05, 0.1) is 31.0 Å². The van der Waals surface area contributed by atoms with Gasteiger partial charge in [-0.3, -0.25) is 14.8 Å². The molecule has 0 saturated carbocycles. The van der Waals surface area contributed by atoms with Crippen molar-refractivity contribution >= 4 is 35.3 Å². The van der Waals surface area contributed by atoms with E-state index in [1.807, 2.05) is 18.3 Å². The highest BCUT2D eigenvalue weighted by Crippen LogP contribution is 2.34. The first kappa shape index (κ1) is 38.1. The lowest BCUT2D eigenvalue weighted by molar-refractivity contribution is -0.193. The lowest BCUT2D eigenvalue weighted by Crippen LogP contribution is -2.37. The van der Waals surface area contributed by atoms with Crippen LogP contribution in [0.2, 0.25) is 0 Å². The fourth-order valence-corrected chi connectivity index (χ4v) is 5.26. The molecule has 3 aromatic rings. The number of aromatic nitrogens is 2. The predicted octanol–water partition coefficient (Wildman–Crippen LogP) is 5.10. The Morgan fingerprint density at radius 2 is 1.62 bits per heavy atom. The van der Waals surface area contributed by atoms with E-state index in [1.54, 1.807) is 24.0 Å². The number of hydrogen-bond donors (Lipinski definition) is 4. The maximum absolute atomic E-state index is 13.7. The topological polar surface area (TPSA) is 154 Å². The number of carbonyl (C=O) groups is 3. The largest absolute Gasteiger partial charge is 0.492 e. The zero-order chi connectivity index (χ0) is 35.5. The van der Waals surface area contributed by atoms with E-state index in [0.717, 1.165) is 65.9 Å². The number of anilines is 1. The molecular formula is C29H29F7N4O7S. The maximum Gasteiger partial charge on any atom is 0.490 e. The number of rotatable bonds is 7. The van der Waals surface area contributed by atoms with Gasteiger partial charge < -0.3 is 25.0 Å². The average molecular weight is 711 g/mol. The van der Waals surface area contributed by atoms with Gasteiger partial charge in [-0.05, 0) is 47.9 Å². The molecule has 5 rings (SSSR count). The van der Waals surface area contributed by atoms with E-state index in [-0.39, 0.29) is 24.2 Å². The third-order valence-corrected chi connectivity index (χ3v) is 7.66. The van der Waals surface area contributed by atoms with Crippen molar-refractivity contribution in [1.29, 1.82) is 0 Å². The fraction of sp³-hybridized carbons (Fsp3) is 0.379. The number of aliphatic carboxylic acids is 2. The SMILES string of the molecule is O=C(Nc1ccc(-c2cn[nH]c2)cc1SCCN1CCOCC1)C1COc2ccc(F)cc2C1.O=C(O)C(F)(F)F.O=C(O)C(F)(F)F. The van der Waals surface area contributed by atoms with Gasteiger partial charge in [0.15, 0.2) is 0 Å². The van der Waals surface area contributed by atoms with Gasteiger partial charge in [-0.15, -0.1) is 11.8 Å². The molecule has 0 aliphatic carbocycles. The van der Waals surface area contributed by atoms with Gasteiger partial charge >= 0.3 is 24.3 Å². The lowest BCUT2D eigenvalue weighted by Gasteiger charge is -2.26. The number of carboxylic acids is 2. The monoisotopic (exact) mass is 710 g/mol. The van der Waals surface area contributed by atoms with Crippen LogP contribution < -0.4 is 10.1 Å². The van der Waals surface area contributed by atoms with Crippen molar-refractivity contribution in [3.63, 3.8) is 0 Å². The van der Waals surface area contributed by atoms with Crippen molar-refractivity contribution in [1.82, 2.24) is 15.1 Å².